The van der Waals surface area contributed by atoms with Crippen LogP contribution < -0.4 is 4.74 Å². The summed E-state index contributed by atoms with van der Waals surface area (Å²) in [4.78, 5) is 14.0. The molecule has 20 heavy (non-hydrogen) atoms. The quantitative estimate of drug-likeness (QED) is 0.631. The van der Waals surface area contributed by atoms with Crippen molar-refractivity contribution in [2.45, 2.75) is 0 Å². The predicted octanol–water partition coefficient (Wildman–Crippen LogP) is 3.56. The van der Waals surface area contributed by atoms with Gasteiger partial charge in [0.25, 0.3) is 5.88 Å². The van der Waals surface area contributed by atoms with Crippen molar-refractivity contribution in [2.75, 3.05) is 0 Å². The molecule has 0 radical (unpaired) electrons. The largest absolute Gasteiger partial charge is 0.434 e. The smallest absolute Gasteiger partial charge is 0.332 e. The first-order valence-electron chi connectivity index (χ1n) is 5.18. The summed E-state index contributed by atoms with van der Waals surface area (Å²) >= 11 is 3.06. The minimum atomic E-state index is -0.773. The lowest BCUT2D eigenvalue weighted by atomic mass is 10.2. The van der Waals surface area contributed by atoms with Gasteiger partial charge in [0.05, 0.1) is 10.5 Å². The van der Waals surface area contributed by atoms with Crippen molar-refractivity contribution in [1.82, 2.24) is 4.98 Å². The third-order valence-electron chi connectivity index (χ3n) is 2.27. The zero-order valence-electron chi connectivity index (χ0n) is 9.71. The van der Waals surface area contributed by atoms with E-state index in [1.807, 2.05) is 0 Å². The molecule has 8 heteroatoms. The number of halogens is 2. The Balaban J connectivity index is 2.38. The molecule has 0 spiro atoms. The fourth-order valence-electron chi connectivity index (χ4n) is 1.39. The summed E-state index contributed by atoms with van der Waals surface area (Å²) in [6, 6.07) is 6.40. The number of hydrogen-bond acceptors (Lipinski definition) is 5. The van der Waals surface area contributed by atoms with Gasteiger partial charge in [-0.05, 0) is 28.1 Å². The molecule has 0 saturated heterocycles. The van der Waals surface area contributed by atoms with E-state index in [-0.39, 0.29) is 22.9 Å². The van der Waals surface area contributed by atoms with Crippen LogP contribution in [0.25, 0.3) is 0 Å². The Morgan fingerprint density at radius 3 is 2.80 bits per heavy atom. The second-order valence-electron chi connectivity index (χ2n) is 3.59. The Kier molecular flexibility index (Phi) is 3.91. The lowest BCUT2D eigenvalue weighted by Gasteiger charge is -2.05. The molecule has 2 rings (SSSR count). The number of nitro groups is 1. The van der Waals surface area contributed by atoms with Gasteiger partial charge >= 0.3 is 5.69 Å². The second kappa shape index (κ2) is 5.63. The SMILES string of the molecule is N#Cc1ccc(Oc2ncc(Br)cc2[N+](=O)[O-])cc1F. The molecule has 0 N–H and O–H groups in total. The number of aromatic nitrogens is 1. The van der Waals surface area contributed by atoms with Crippen molar-refractivity contribution in [3.8, 4) is 17.7 Å². The maximum Gasteiger partial charge on any atom is 0.332 e. The fraction of sp³-hybridized carbons (Fsp3) is 0. The number of nitriles is 1. The van der Waals surface area contributed by atoms with E-state index in [1.165, 1.54) is 24.4 Å². The van der Waals surface area contributed by atoms with Crippen molar-refractivity contribution < 1.29 is 14.1 Å². The third-order valence-corrected chi connectivity index (χ3v) is 2.70. The highest BCUT2D eigenvalue weighted by molar-refractivity contribution is 9.10. The molecule has 0 fully saturated rings. The fourth-order valence-corrected chi connectivity index (χ4v) is 1.71. The van der Waals surface area contributed by atoms with Gasteiger partial charge in [-0.15, -0.1) is 0 Å². The van der Waals surface area contributed by atoms with E-state index in [0.29, 0.717) is 4.47 Å². The number of nitrogens with zero attached hydrogens (tertiary/aromatic N) is 3. The number of pyridine rings is 1. The van der Waals surface area contributed by atoms with Crippen molar-refractivity contribution in [3.63, 3.8) is 0 Å². The van der Waals surface area contributed by atoms with Crippen LogP contribution in [0.2, 0.25) is 0 Å². The summed E-state index contributed by atoms with van der Waals surface area (Å²) in [6.45, 7) is 0. The average molecular weight is 338 g/mol. The van der Waals surface area contributed by atoms with Crippen LogP contribution in [-0.4, -0.2) is 9.91 Å². The summed E-state index contributed by atoms with van der Waals surface area (Å²) in [5.41, 5.74) is -0.500. The molecule has 1 heterocycles. The zero-order valence-corrected chi connectivity index (χ0v) is 11.3. The van der Waals surface area contributed by atoms with Crippen LogP contribution in [0.5, 0.6) is 11.6 Å². The molecule has 2 aromatic rings. The first-order valence-corrected chi connectivity index (χ1v) is 5.98. The first kappa shape index (κ1) is 13.9. The van der Waals surface area contributed by atoms with E-state index in [2.05, 4.69) is 20.9 Å². The molecule has 0 atom stereocenters. The van der Waals surface area contributed by atoms with Gasteiger partial charge in [0, 0.05) is 22.8 Å². The Morgan fingerprint density at radius 1 is 1.45 bits per heavy atom. The Hall–Kier alpha value is -2.53. The highest BCUT2D eigenvalue weighted by Crippen LogP contribution is 2.31. The van der Waals surface area contributed by atoms with Crippen LogP contribution in [0.3, 0.4) is 0 Å². The Bertz CT molecular complexity index is 730. The summed E-state index contributed by atoms with van der Waals surface area (Å²) in [7, 11) is 0. The van der Waals surface area contributed by atoms with Gasteiger partial charge in [-0.3, -0.25) is 10.1 Å². The minimum absolute atomic E-state index is 0.0134. The molecular formula is C12H5BrFN3O3. The van der Waals surface area contributed by atoms with Gasteiger partial charge in [-0.1, -0.05) is 0 Å². The summed E-state index contributed by atoms with van der Waals surface area (Å²) in [5, 5.41) is 19.5. The Morgan fingerprint density at radius 2 is 2.20 bits per heavy atom. The maximum absolute atomic E-state index is 13.4. The van der Waals surface area contributed by atoms with Crippen LogP contribution in [-0.2, 0) is 0 Å². The molecule has 100 valence electrons. The molecular weight excluding hydrogens is 333 g/mol. The molecule has 0 aliphatic rings. The summed E-state index contributed by atoms with van der Waals surface area (Å²) in [6.07, 6.45) is 1.32. The van der Waals surface area contributed by atoms with Crippen LogP contribution in [0.1, 0.15) is 5.56 Å². The molecule has 6 nitrogen and oxygen atoms in total. The van der Waals surface area contributed by atoms with E-state index in [9.17, 15) is 14.5 Å². The first-order chi connectivity index (χ1) is 9.51. The van der Waals surface area contributed by atoms with Gasteiger partial charge in [0.1, 0.15) is 17.6 Å². The van der Waals surface area contributed by atoms with E-state index >= 15 is 0 Å². The monoisotopic (exact) mass is 337 g/mol. The summed E-state index contributed by atoms with van der Waals surface area (Å²) in [5.74, 6) is -1.02. The molecule has 0 bridgehead atoms. The lowest BCUT2D eigenvalue weighted by molar-refractivity contribution is -0.386. The van der Waals surface area contributed by atoms with Crippen LogP contribution in [0, 0.1) is 27.3 Å². The Labute approximate surface area is 120 Å². The zero-order chi connectivity index (χ0) is 14.7. The molecule has 1 aromatic carbocycles. The van der Waals surface area contributed by atoms with Gasteiger partial charge < -0.3 is 4.74 Å². The lowest BCUT2D eigenvalue weighted by Crippen LogP contribution is -1.96. The number of ether oxygens (including phenoxy) is 1. The van der Waals surface area contributed by atoms with E-state index in [1.54, 1.807) is 6.07 Å². The third kappa shape index (κ3) is 2.89. The normalized spacial score (nSPS) is 9.85. The van der Waals surface area contributed by atoms with Crippen LogP contribution in [0.4, 0.5) is 10.1 Å². The minimum Gasteiger partial charge on any atom is -0.434 e. The van der Waals surface area contributed by atoms with Crippen molar-refractivity contribution >= 4 is 21.6 Å². The number of rotatable bonds is 3. The molecule has 0 amide bonds. The topological polar surface area (TPSA) is 89.0 Å². The van der Waals surface area contributed by atoms with Crippen LogP contribution >= 0.6 is 15.9 Å². The standard InChI is InChI=1S/C12H5BrFN3O3/c13-8-3-11(17(18)19)12(16-6-8)20-9-2-1-7(5-15)10(14)4-9/h1-4,6H. The molecule has 0 unspecified atom stereocenters. The van der Waals surface area contributed by atoms with Gasteiger partial charge in [0.15, 0.2) is 0 Å². The molecule has 1 aromatic heterocycles. The molecule has 0 aliphatic carbocycles. The predicted molar refractivity (Wildman–Crippen MR) is 69.8 cm³/mol. The number of benzene rings is 1. The highest BCUT2D eigenvalue weighted by Gasteiger charge is 2.18. The van der Waals surface area contributed by atoms with Crippen molar-refractivity contribution in [3.05, 3.63) is 56.4 Å². The molecule has 0 aliphatic heterocycles. The average Bonchev–Trinajstić information content (AvgIpc) is 2.41. The maximum atomic E-state index is 13.4. The van der Waals surface area contributed by atoms with E-state index < -0.39 is 10.7 Å². The van der Waals surface area contributed by atoms with E-state index in [4.69, 9.17) is 10.00 Å². The van der Waals surface area contributed by atoms with Crippen molar-refractivity contribution in [1.29, 1.82) is 5.26 Å². The van der Waals surface area contributed by atoms with E-state index in [0.717, 1.165) is 6.07 Å². The highest BCUT2D eigenvalue weighted by atomic mass is 79.9. The van der Waals surface area contributed by atoms with Gasteiger partial charge in [-0.25, -0.2) is 9.37 Å². The second-order valence-corrected chi connectivity index (χ2v) is 4.51. The van der Waals surface area contributed by atoms with Gasteiger partial charge in [0.2, 0.25) is 0 Å². The summed E-state index contributed by atoms with van der Waals surface area (Å²) < 4.78 is 19.0. The number of hydrogen-bond donors (Lipinski definition) is 0. The van der Waals surface area contributed by atoms with Crippen molar-refractivity contribution in [2.24, 2.45) is 0 Å². The van der Waals surface area contributed by atoms with Crippen LogP contribution in [0.15, 0.2) is 34.9 Å². The molecule has 0 saturated carbocycles. The van der Waals surface area contributed by atoms with Gasteiger partial charge in [-0.2, -0.15) is 5.26 Å².